The molecule has 0 unspecified atom stereocenters. The standard InChI is InChI=1S/C18H13N3O4S/c1-24-13-7-4-8-14-15(13)19-18(26-14)21-20-16(22)11-9-10-5-2-3-6-12(10)25-17(11)23/h2-9H,1H3,(H,19,21)(H,20,22). The molecule has 2 N–H and O–H groups in total. The van der Waals surface area contributed by atoms with E-state index in [1.165, 1.54) is 17.4 Å². The number of anilines is 1. The number of nitrogens with one attached hydrogen (secondary N) is 2. The number of hydrogen-bond acceptors (Lipinski definition) is 7. The first-order chi connectivity index (χ1) is 12.7. The summed E-state index contributed by atoms with van der Waals surface area (Å²) in [5, 5.41) is 1.14. The second kappa shape index (κ2) is 6.49. The molecule has 2 heterocycles. The number of ether oxygens (including phenoxy) is 1. The second-order valence-corrected chi connectivity index (χ2v) is 6.42. The largest absolute Gasteiger partial charge is 0.494 e. The van der Waals surface area contributed by atoms with E-state index in [2.05, 4.69) is 15.8 Å². The van der Waals surface area contributed by atoms with E-state index in [9.17, 15) is 9.59 Å². The Morgan fingerprint density at radius 2 is 2.04 bits per heavy atom. The average Bonchev–Trinajstić information content (AvgIpc) is 3.08. The van der Waals surface area contributed by atoms with E-state index in [4.69, 9.17) is 9.15 Å². The highest BCUT2D eigenvalue weighted by Crippen LogP contribution is 2.31. The van der Waals surface area contributed by atoms with Gasteiger partial charge in [0, 0.05) is 5.39 Å². The lowest BCUT2D eigenvalue weighted by Gasteiger charge is -2.05. The molecule has 0 aliphatic heterocycles. The first kappa shape index (κ1) is 16.1. The van der Waals surface area contributed by atoms with E-state index in [1.54, 1.807) is 31.4 Å². The molecule has 0 aliphatic rings. The number of thiazole rings is 1. The number of carbonyl (C=O) groups is 1. The number of hydrogen-bond donors (Lipinski definition) is 2. The normalized spacial score (nSPS) is 10.8. The van der Waals surface area contributed by atoms with Crippen LogP contribution in [0.3, 0.4) is 0 Å². The molecule has 0 fully saturated rings. The summed E-state index contributed by atoms with van der Waals surface area (Å²) in [6.45, 7) is 0. The predicted molar refractivity (Wildman–Crippen MR) is 99.7 cm³/mol. The van der Waals surface area contributed by atoms with Gasteiger partial charge in [0.05, 0.1) is 11.8 Å². The molecule has 2 aromatic heterocycles. The molecular weight excluding hydrogens is 354 g/mol. The van der Waals surface area contributed by atoms with Crippen molar-refractivity contribution in [3.05, 3.63) is 64.5 Å². The van der Waals surface area contributed by atoms with Gasteiger partial charge in [-0.15, -0.1) is 0 Å². The molecule has 1 amide bonds. The Morgan fingerprint density at radius 1 is 1.19 bits per heavy atom. The van der Waals surface area contributed by atoms with Gasteiger partial charge < -0.3 is 9.15 Å². The zero-order chi connectivity index (χ0) is 18.1. The molecule has 8 heteroatoms. The molecule has 0 bridgehead atoms. The Kier molecular flexibility index (Phi) is 4.02. The van der Waals surface area contributed by atoms with Crippen molar-refractivity contribution in [1.82, 2.24) is 10.4 Å². The van der Waals surface area contributed by atoms with Crippen molar-refractivity contribution in [3.8, 4) is 5.75 Å². The summed E-state index contributed by atoms with van der Waals surface area (Å²) in [6.07, 6.45) is 0. The lowest BCUT2D eigenvalue weighted by atomic mass is 10.2. The van der Waals surface area contributed by atoms with Crippen LogP contribution in [-0.4, -0.2) is 18.0 Å². The van der Waals surface area contributed by atoms with E-state index in [-0.39, 0.29) is 5.56 Å². The van der Waals surface area contributed by atoms with Crippen LogP contribution in [0.2, 0.25) is 0 Å². The monoisotopic (exact) mass is 367 g/mol. The van der Waals surface area contributed by atoms with Gasteiger partial charge >= 0.3 is 5.63 Å². The van der Waals surface area contributed by atoms with Crippen LogP contribution in [0.15, 0.2) is 57.7 Å². The molecular formula is C18H13N3O4S. The molecule has 0 spiro atoms. The molecule has 7 nitrogen and oxygen atoms in total. The van der Waals surface area contributed by atoms with E-state index in [1.807, 2.05) is 18.2 Å². The van der Waals surface area contributed by atoms with Gasteiger partial charge in [-0.2, -0.15) is 0 Å². The van der Waals surface area contributed by atoms with Crippen LogP contribution >= 0.6 is 11.3 Å². The summed E-state index contributed by atoms with van der Waals surface area (Å²) in [5.74, 6) is 0.0454. The molecule has 2 aromatic carbocycles. The quantitative estimate of drug-likeness (QED) is 0.425. The Bertz CT molecular complexity index is 1180. The minimum absolute atomic E-state index is 0.0881. The van der Waals surface area contributed by atoms with Crippen molar-refractivity contribution >= 4 is 43.6 Å². The fourth-order valence-corrected chi connectivity index (χ4v) is 3.38. The zero-order valence-electron chi connectivity index (χ0n) is 13.6. The lowest BCUT2D eigenvalue weighted by molar-refractivity contribution is 0.0959. The SMILES string of the molecule is COc1cccc2sc(NNC(=O)c3cc4ccccc4oc3=O)nc12. The van der Waals surface area contributed by atoms with Crippen LogP contribution in [0, 0.1) is 0 Å². The van der Waals surface area contributed by atoms with Crippen LogP contribution < -0.4 is 21.2 Å². The van der Waals surface area contributed by atoms with Crippen molar-refractivity contribution < 1.29 is 13.9 Å². The van der Waals surface area contributed by atoms with E-state index in [0.29, 0.717) is 27.4 Å². The van der Waals surface area contributed by atoms with Crippen molar-refractivity contribution in [1.29, 1.82) is 0 Å². The molecule has 130 valence electrons. The second-order valence-electron chi connectivity index (χ2n) is 5.39. The van der Waals surface area contributed by atoms with Crippen LogP contribution in [0.4, 0.5) is 5.13 Å². The van der Waals surface area contributed by atoms with Crippen molar-refractivity contribution in [2.45, 2.75) is 0 Å². The first-order valence-electron chi connectivity index (χ1n) is 7.68. The molecule has 4 rings (SSSR count). The maximum atomic E-state index is 12.3. The lowest BCUT2D eigenvalue weighted by Crippen LogP contribution is -2.32. The van der Waals surface area contributed by atoms with Crippen LogP contribution in [0.25, 0.3) is 21.2 Å². The summed E-state index contributed by atoms with van der Waals surface area (Å²) in [7, 11) is 1.57. The molecule has 0 aliphatic carbocycles. The number of methoxy groups -OCH3 is 1. The highest BCUT2D eigenvalue weighted by molar-refractivity contribution is 7.22. The minimum atomic E-state index is -0.700. The number of aromatic nitrogens is 1. The highest BCUT2D eigenvalue weighted by atomic mass is 32.1. The summed E-state index contributed by atoms with van der Waals surface area (Å²) < 4.78 is 11.3. The number of carbonyl (C=O) groups excluding carboxylic acids is 1. The molecule has 0 saturated carbocycles. The van der Waals surface area contributed by atoms with Crippen LogP contribution in [0.5, 0.6) is 5.75 Å². The zero-order valence-corrected chi connectivity index (χ0v) is 14.4. The molecule has 26 heavy (non-hydrogen) atoms. The average molecular weight is 367 g/mol. The third-order valence-electron chi connectivity index (χ3n) is 3.77. The maximum absolute atomic E-state index is 12.3. The number of nitrogens with zero attached hydrogens (tertiary/aromatic N) is 1. The van der Waals surface area contributed by atoms with Gasteiger partial charge in [-0.05, 0) is 24.3 Å². The highest BCUT2D eigenvalue weighted by Gasteiger charge is 2.14. The summed E-state index contributed by atoms with van der Waals surface area (Å²) in [6, 6.07) is 14.1. The van der Waals surface area contributed by atoms with Crippen molar-refractivity contribution in [2.24, 2.45) is 0 Å². The Hall–Kier alpha value is -3.39. The fraction of sp³-hybridized carbons (Fsp3) is 0.0556. The minimum Gasteiger partial charge on any atom is -0.494 e. The Morgan fingerprint density at radius 3 is 2.88 bits per heavy atom. The number of amides is 1. The number of benzene rings is 2. The van der Waals surface area contributed by atoms with Crippen molar-refractivity contribution in [3.63, 3.8) is 0 Å². The topological polar surface area (TPSA) is 93.5 Å². The number of hydrazine groups is 1. The van der Waals surface area contributed by atoms with Crippen LogP contribution in [-0.2, 0) is 0 Å². The number of rotatable bonds is 4. The van der Waals surface area contributed by atoms with Crippen molar-refractivity contribution in [2.75, 3.05) is 12.5 Å². The predicted octanol–water partition coefficient (Wildman–Crippen LogP) is 3.17. The van der Waals surface area contributed by atoms with Gasteiger partial charge in [0.1, 0.15) is 22.4 Å². The van der Waals surface area contributed by atoms with E-state index >= 15 is 0 Å². The Labute approximate surface area is 151 Å². The van der Waals surface area contributed by atoms with Crippen LogP contribution in [0.1, 0.15) is 10.4 Å². The molecule has 4 aromatic rings. The van der Waals surface area contributed by atoms with Gasteiger partial charge in [-0.1, -0.05) is 35.6 Å². The fourth-order valence-electron chi connectivity index (χ4n) is 2.54. The molecule has 0 radical (unpaired) electrons. The van der Waals surface area contributed by atoms with Gasteiger partial charge in [0.2, 0.25) is 5.13 Å². The summed E-state index contributed by atoms with van der Waals surface area (Å²) in [4.78, 5) is 28.8. The van der Waals surface area contributed by atoms with Gasteiger partial charge in [-0.25, -0.2) is 9.78 Å². The van der Waals surface area contributed by atoms with E-state index in [0.717, 1.165) is 4.70 Å². The summed E-state index contributed by atoms with van der Waals surface area (Å²) in [5.41, 5.74) is 5.55. The molecule has 0 atom stereocenters. The number of fused-ring (bicyclic) bond motifs is 2. The number of para-hydroxylation sites is 2. The smallest absolute Gasteiger partial charge is 0.349 e. The maximum Gasteiger partial charge on any atom is 0.349 e. The third kappa shape index (κ3) is 2.86. The van der Waals surface area contributed by atoms with E-state index < -0.39 is 11.5 Å². The van der Waals surface area contributed by atoms with Gasteiger partial charge in [0.15, 0.2) is 0 Å². The molecule has 0 saturated heterocycles. The van der Waals surface area contributed by atoms with Gasteiger partial charge in [0.25, 0.3) is 5.91 Å². The third-order valence-corrected chi connectivity index (χ3v) is 4.71. The van der Waals surface area contributed by atoms with Gasteiger partial charge in [-0.3, -0.25) is 15.6 Å². The Balaban J connectivity index is 1.57. The first-order valence-corrected chi connectivity index (χ1v) is 8.50. The summed E-state index contributed by atoms with van der Waals surface area (Å²) >= 11 is 1.35.